The van der Waals surface area contributed by atoms with Crippen LogP contribution in [0.15, 0.2) is 48.5 Å². The number of hydrogen-bond donors (Lipinski definition) is 3. The number of carboxylic acid groups (broad SMARTS) is 1. The van der Waals surface area contributed by atoms with Crippen LogP contribution in [0.4, 0.5) is 4.79 Å². The van der Waals surface area contributed by atoms with Crippen LogP contribution in [0.5, 0.6) is 0 Å². The SMILES string of the molecule is O=C(NC[C@@H]1C[C@H](C(=O)NC(C(=O)O)C2CC2)CO1)OCC1c2ccccc2-c2ccccc21. The zero-order valence-corrected chi connectivity index (χ0v) is 18.7. The van der Waals surface area contributed by atoms with Gasteiger partial charge in [0.25, 0.3) is 0 Å². The maximum atomic E-state index is 12.5. The monoisotopic (exact) mass is 464 g/mol. The summed E-state index contributed by atoms with van der Waals surface area (Å²) < 4.78 is 11.2. The van der Waals surface area contributed by atoms with Gasteiger partial charge >= 0.3 is 12.1 Å². The lowest BCUT2D eigenvalue weighted by Crippen LogP contribution is -2.45. The Hall–Kier alpha value is -3.39. The molecule has 2 aromatic carbocycles. The molecule has 3 atom stereocenters. The first-order valence-electron chi connectivity index (χ1n) is 11.7. The van der Waals surface area contributed by atoms with Gasteiger partial charge in [0, 0.05) is 12.5 Å². The first-order chi connectivity index (χ1) is 16.5. The van der Waals surface area contributed by atoms with Gasteiger partial charge in [0.15, 0.2) is 0 Å². The van der Waals surface area contributed by atoms with Gasteiger partial charge in [-0.2, -0.15) is 0 Å². The lowest BCUT2D eigenvalue weighted by Gasteiger charge is -2.16. The van der Waals surface area contributed by atoms with Crippen LogP contribution < -0.4 is 10.6 Å². The van der Waals surface area contributed by atoms with Gasteiger partial charge in [0.05, 0.1) is 18.6 Å². The molecule has 1 saturated carbocycles. The minimum atomic E-state index is -0.997. The fraction of sp³-hybridized carbons (Fsp3) is 0.423. The second kappa shape index (κ2) is 9.46. The molecule has 5 rings (SSSR count). The molecule has 1 saturated heterocycles. The third-order valence-corrected chi connectivity index (χ3v) is 6.93. The van der Waals surface area contributed by atoms with Crippen molar-refractivity contribution in [1.29, 1.82) is 0 Å². The van der Waals surface area contributed by atoms with E-state index in [9.17, 15) is 19.5 Å². The van der Waals surface area contributed by atoms with Gasteiger partial charge in [-0.1, -0.05) is 48.5 Å². The molecule has 0 radical (unpaired) electrons. The number of rotatable bonds is 8. The Morgan fingerprint density at radius 3 is 2.29 bits per heavy atom. The largest absolute Gasteiger partial charge is 0.480 e. The number of aliphatic carboxylic acids is 1. The summed E-state index contributed by atoms with van der Waals surface area (Å²) in [6.07, 6.45) is 1.22. The molecule has 2 aromatic rings. The molecule has 8 nitrogen and oxygen atoms in total. The van der Waals surface area contributed by atoms with E-state index in [1.165, 1.54) is 11.1 Å². The second-order valence-electron chi connectivity index (χ2n) is 9.26. The number of carbonyl (C=O) groups is 3. The van der Waals surface area contributed by atoms with E-state index in [-0.39, 0.29) is 43.6 Å². The Kier molecular flexibility index (Phi) is 6.24. The molecule has 0 aromatic heterocycles. The van der Waals surface area contributed by atoms with Gasteiger partial charge in [-0.25, -0.2) is 9.59 Å². The van der Waals surface area contributed by atoms with Gasteiger partial charge in [-0.3, -0.25) is 4.79 Å². The third kappa shape index (κ3) is 4.63. The molecular formula is C26H28N2O6. The quantitative estimate of drug-likeness (QED) is 0.554. The Labute approximate surface area is 197 Å². The molecule has 0 bridgehead atoms. The zero-order valence-electron chi connectivity index (χ0n) is 18.7. The zero-order chi connectivity index (χ0) is 23.7. The highest BCUT2D eigenvalue weighted by molar-refractivity contribution is 5.85. The minimum absolute atomic E-state index is 0.0115. The van der Waals surface area contributed by atoms with Crippen molar-refractivity contribution in [3.8, 4) is 11.1 Å². The van der Waals surface area contributed by atoms with E-state index in [1.54, 1.807) is 0 Å². The predicted octanol–water partition coefficient (Wildman–Crippen LogP) is 2.91. The number of nitrogens with one attached hydrogen (secondary N) is 2. The van der Waals surface area contributed by atoms with Gasteiger partial charge in [-0.15, -0.1) is 0 Å². The Morgan fingerprint density at radius 1 is 1.03 bits per heavy atom. The molecule has 1 heterocycles. The van der Waals surface area contributed by atoms with Gasteiger partial charge in [0.2, 0.25) is 5.91 Å². The maximum Gasteiger partial charge on any atom is 0.407 e. The average Bonchev–Trinajstić information content (AvgIpc) is 3.48. The average molecular weight is 465 g/mol. The van der Waals surface area contributed by atoms with E-state index < -0.39 is 24.0 Å². The molecule has 1 aliphatic heterocycles. The van der Waals surface area contributed by atoms with Crippen LogP contribution in [-0.4, -0.2) is 55.0 Å². The highest BCUT2D eigenvalue weighted by Crippen LogP contribution is 2.44. The molecule has 2 amide bonds. The summed E-state index contributed by atoms with van der Waals surface area (Å²) >= 11 is 0. The topological polar surface area (TPSA) is 114 Å². The first-order valence-corrected chi connectivity index (χ1v) is 11.7. The van der Waals surface area contributed by atoms with Crippen molar-refractivity contribution in [2.24, 2.45) is 11.8 Å². The van der Waals surface area contributed by atoms with E-state index in [2.05, 4.69) is 34.9 Å². The number of carbonyl (C=O) groups excluding carboxylic acids is 2. The van der Waals surface area contributed by atoms with E-state index >= 15 is 0 Å². The van der Waals surface area contributed by atoms with Crippen molar-refractivity contribution in [3.05, 3.63) is 59.7 Å². The van der Waals surface area contributed by atoms with E-state index in [1.807, 2.05) is 24.3 Å². The summed E-state index contributed by atoms with van der Waals surface area (Å²) in [7, 11) is 0. The van der Waals surface area contributed by atoms with Crippen LogP contribution in [0.2, 0.25) is 0 Å². The van der Waals surface area contributed by atoms with E-state index in [4.69, 9.17) is 9.47 Å². The number of carboxylic acids is 1. The smallest absolute Gasteiger partial charge is 0.407 e. The minimum Gasteiger partial charge on any atom is -0.480 e. The Balaban J connectivity index is 1.09. The van der Waals surface area contributed by atoms with Crippen LogP contribution in [0.1, 0.15) is 36.3 Å². The molecule has 0 spiro atoms. The van der Waals surface area contributed by atoms with E-state index in [0.717, 1.165) is 24.0 Å². The lowest BCUT2D eigenvalue weighted by atomic mass is 9.98. The summed E-state index contributed by atoms with van der Waals surface area (Å²) in [6.45, 7) is 0.666. The number of benzene rings is 2. The number of hydrogen-bond acceptors (Lipinski definition) is 5. The first kappa shape index (κ1) is 22.4. The standard InChI is InChI=1S/C26H28N2O6/c29-24(28-23(25(30)31)15-9-10-15)16-11-17(33-13-16)12-27-26(32)34-14-22-20-7-3-1-5-18(20)19-6-2-4-8-21(19)22/h1-8,15-17,22-23H,9-14H2,(H,27,32)(H,28,29)(H,30,31)/t16-,17-,23?/m0/s1. The maximum absolute atomic E-state index is 12.5. The van der Waals surface area contributed by atoms with Crippen molar-refractivity contribution in [3.63, 3.8) is 0 Å². The van der Waals surface area contributed by atoms with Crippen LogP contribution >= 0.6 is 0 Å². The Bertz CT molecular complexity index is 1050. The summed E-state index contributed by atoms with van der Waals surface area (Å²) in [4.78, 5) is 36.2. The van der Waals surface area contributed by atoms with Crippen LogP contribution in [0.3, 0.4) is 0 Å². The van der Waals surface area contributed by atoms with Crippen molar-refractivity contribution in [2.75, 3.05) is 19.8 Å². The van der Waals surface area contributed by atoms with Gasteiger partial charge < -0.3 is 25.2 Å². The van der Waals surface area contributed by atoms with Crippen LogP contribution in [0.25, 0.3) is 11.1 Å². The number of alkyl carbamates (subject to hydrolysis) is 1. The number of ether oxygens (including phenoxy) is 2. The van der Waals surface area contributed by atoms with Crippen molar-refractivity contribution in [2.45, 2.75) is 37.3 Å². The summed E-state index contributed by atoms with van der Waals surface area (Å²) in [5.41, 5.74) is 4.64. The molecule has 2 aliphatic carbocycles. The molecular weight excluding hydrogens is 436 g/mol. The third-order valence-electron chi connectivity index (χ3n) is 6.93. The summed E-state index contributed by atoms with van der Waals surface area (Å²) in [5.74, 6) is -1.71. The van der Waals surface area contributed by atoms with E-state index in [0.29, 0.717) is 6.42 Å². The highest BCUT2D eigenvalue weighted by Gasteiger charge is 2.40. The van der Waals surface area contributed by atoms with Gasteiger partial charge in [-0.05, 0) is 47.4 Å². The molecule has 178 valence electrons. The lowest BCUT2D eigenvalue weighted by molar-refractivity contribution is -0.143. The van der Waals surface area contributed by atoms with Crippen LogP contribution in [0, 0.1) is 11.8 Å². The molecule has 3 aliphatic rings. The molecule has 2 fully saturated rings. The second-order valence-corrected chi connectivity index (χ2v) is 9.26. The molecule has 3 N–H and O–H groups in total. The fourth-order valence-corrected chi connectivity index (χ4v) is 4.96. The van der Waals surface area contributed by atoms with Crippen molar-refractivity contribution >= 4 is 18.0 Å². The predicted molar refractivity (Wildman–Crippen MR) is 123 cm³/mol. The molecule has 34 heavy (non-hydrogen) atoms. The highest BCUT2D eigenvalue weighted by atomic mass is 16.5. The van der Waals surface area contributed by atoms with Crippen LogP contribution in [-0.2, 0) is 19.1 Å². The molecule has 1 unspecified atom stereocenters. The fourth-order valence-electron chi connectivity index (χ4n) is 4.96. The Morgan fingerprint density at radius 2 is 1.68 bits per heavy atom. The van der Waals surface area contributed by atoms with Crippen molar-refractivity contribution in [1.82, 2.24) is 10.6 Å². The summed E-state index contributed by atoms with van der Waals surface area (Å²) in [6, 6.07) is 15.5. The number of fused-ring (bicyclic) bond motifs is 3. The van der Waals surface area contributed by atoms with Crippen molar-refractivity contribution < 1.29 is 29.0 Å². The normalized spacial score (nSPS) is 21.9. The number of amides is 2. The van der Waals surface area contributed by atoms with Gasteiger partial charge in [0.1, 0.15) is 12.6 Å². The molecule has 8 heteroatoms. The summed E-state index contributed by atoms with van der Waals surface area (Å²) in [5, 5.41) is 14.7.